The van der Waals surface area contributed by atoms with Crippen LogP contribution in [0.4, 0.5) is 8.78 Å². The number of nitrogens with one attached hydrogen (secondary N) is 2. The molecule has 0 saturated carbocycles. The van der Waals surface area contributed by atoms with E-state index in [0.29, 0.717) is 31.2 Å². The monoisotopic (exact) mass is 419 g/mol. The molecule has 0 saturated heterocycles. The lowest BCUT2D eigenvalue weighted by molar-refractivity contribution is -0.124. The van der Waals surface area contributed by atoms with Gasteiger partial charge in [0.25, 0.3) is 5.91 Å². The maximum absolute atomic E-state index is 13.8. The number of imidazole rings is 1. The van der Waals surface area contributed by atoms with Crippen LogP contribution in [-0.4, -0.2) is 52.9 Å². The summed E-state index contributed by atoms with van der Waals surface area (Å²) in [7, 11) is 3.43. The first kappa shape index (κ1) is 21.9. The number of hydrogen-bond donors (Lipinski definition) is 2. The SMILES string of the molecule is CNC(=O)[C@@H](NC(=O)c1nc(-c2cc(F)cc(F)c2)n2c1CN(C)CC2)C(C)(C)C. The molecule has 9 heteroatoms. The van der Waals surface area contributed by atoms with Crippen LogP contribution in [0.3, 0.4) is 0 Å². The fourth-order valence-corrected chi connectivity index (χ4v) is 3.60. The minimum atomic E-state index is -0.774. The van der Waals surface area contributed by atoms with E-state index in [1.54, 1.807) is 0 Å². The second-order valence-electron chi connectivity index (χ2n) is 8.67. The average Bonchev–Trinajstić information content (AvgIpc) is 3.02. The number of fused-ring (bicyclic) bond motifs is 1. The van der Waals surface area contributed by atoms with E-state index in [1.807, 2.05) is 37.3 Å². The van der Waals surface area contributed by atoms with Gasteiger partial charge in [-0.2, -0.15) is 0 Å². The molecule has 0 bridgehead atoms. The van der Waals surface area contributed by atoms with Crippen molar-refractivity contribution in [3.8, 4) is 11.4 Å². The predicted octanol–water partition coefficient (Wildman–Crippen LogP) is 2.16. The molecule has 2 N–H and O–H groups in total. The van der Waals surface area contributed by atoms with Gasteiger partial charge in [0.2, 0.25) is 5.91 Å². The molecular weight excluding hydrogens is 392 g/mol. The number of carbonyl (C=O) groups is 2. The zero-order chi connectivity index (χ0) is 22.2. The quantitative estimate of drug-likeness (QED) is 0.796. The van der Waals surface area contributed by atoms with Crippen molar-refractivity contribution in [3.63, 3.8) is 0 Å². The molecule has 0 spiro atoms. The van der Waals surface area contributed by atoms with Gasteiger partial charge >= 0.3 is 0 Å². The summed E-state index contributed by atoms with van der Waals surface area (Å²) >= 11 is 0. The lowest BCUT2D eigenvalue weighted by atomic mass is 9.86. The summed E-state index contributed by atoms with van der Waals surface area (Å²) in [5.74, 6) is -1.91. The molecule has 3 rings (SSSR count). The first-order valence-electron chi connectivity index (χ1n) is 9.78. The number of amides is 2. The highest BCUT2D eigenvalue weighted by Crippen LogP contribution is 2.28. The van der Waals surface area contributed by atoms with Gasteiger partial charge < -0.3 is 15.2 Å². The topological polar surface area (TPSA) is 79.3 Å². The molecule has 30 heavy (non-hydrogen) atoms. The highest BCUT2D eigenvalue weighted by Gasteiger charge is 2.35. The molecular formula is C21H27F2N5O2. The van der Waals surface area contributed by atoms with Crippen molar-refractivity contribution < 1.29 is 18.4 Å². The maximum Gasteiger partial charge on any atom is 0.272 e. The van der Waals surface area contributed by atoms with E-state index >= 15 is 0 Å². The molecule has 2 amide bonds. The Labute approximate surface area is 174 Å². The summed E-state index contributed by atoms with van der Waals surface area (Å²) in [5, 5.41) is 5.35. The Balaban J connectivity index is 2.05. The fourth-order valence-electron chi connectivity index (χ4n) is 3.60. The third kappa shape index (κ3) is 4.35. The van der Waals surface area contributed by atoms with Crippen LogP contribution in [0, 0.1) is 17.0 Å². The molecule has 1 aromatic carbocycles. The van der Waals surface area contributed by atoms with E-state index in [1.165, 1.54) is 19.2 Å². The van der Waals surface area contributed by atoms with Crippen molar-refractivity contribution in [3.05, 3.63) is 41.2 Å². The molecule has 1 aromatic heterocycles. The Bertz CT molecular complexity index is 960. The van der Waals surface area contributed by atoms with Gasteiger partial charge in [0.1, 0.15) is 23.5 Å². The molecule has 1 atom stereocenters. The van der Waals surface area contributed by atoms with Gasteiger partial charge in [0.05, 0.1) is 5.69 Å². The number of likely N-dealkylation sites (N-methyl/N-ethyl adjacent to an activating group) is 2. The molecule has 0 unspecified atom stereocenters. The minimum Gasteiger partial charge on any atom is -0.357 e. The molecule has 7 nitrogen and oxygen atoms in total. The summed E-state index contributed by atoms with van der Waals surface area (Å²) in [4.78, 5) is 32.0. The Morgan fingerprint density at radius 1 is 1.13 bits per heavy atom. The second kappa shape index (κ2) is 8.14. The third-order valence-electron chi connectivity index (χ3n) is 5.18. The van der Waals surface area contributed by atoms with Gasteiger partial charge in [-0.3, -0.25) is 14.5 Å². The standard InChI is InChI=1S/C21H27F2N5O2/c1-21(2,3)17(20(30)24-4)26-19(29)16-15-11-27(5)6-7-28(15)18(25-16)12-8-13(22)10-14(23)9-12/h8-10,17H,6-7,11H2,1-5H3,(H,24,30)(H,26,29)/t17-/m1/s1. The summed E-state index contributed by atoms with van der Waals surface area (Å²) < 4.78 is 29.4. The summed E-state index contributed by atoms with van der Waals surface area (Å²) in [6, 6.07) is 2.41. The van der Waals surface area contributed by atoms with Crippen molar-refractivity contribution in [2.75, 3.05) is 20.6 Å². The van der Waals surface area contributed by atoms with Crippen LogP contribution in [0.5, 0.6) is 0 Å². The van der Waals surface area contributed by atoms with Gasteiger partial charge in [-0.05, 0) is 24.6 Å². The summed E-state index contributed by atoms with van der Waals surface area (Å²) in [5.41, 5.74) is 0.529. The van der Waals surface area contributed by atoms with Crippen molar-refractivity contribution in [1.29, 1.82) is 0 Å². The van der Waals surface area contributed by atoms with Crippen LogP contribution >= 0.6 is 0 Å². The lowest BCUT2D eigenvalue weighted by Gasteiger charge is -2.30. The van der Waals surface area contributed by atoms with Gasteiger partial charge in [-0.25, -0.2) is 13.8 Å². The number of rotatable bonds is 4. The van der Waals surface area contributed by atoms with Crippen LogP contribution in [0.2, 0.25) is 0 Å². The predicted molar refractivity (Wildman–Crippen MR) is 109 cm³/mol. The molecule has 1 aliphatic rings. The van der Waals surface area contributed by atoms with Gasteiger partial charge in [0.15, 0.2) is 5.69 Å². The minimum absolute atomic E-state index is 0.152. The number of aromatic nitrogens is 2. The van der Waals surface area contributed by atoms with Crippen LogP contribution in [0.15, 0.2) is 18.2 Å². The molecule has 2 aromatic rings. The Hall–Kier alpha value is -2.81. The molecule has 0 fully saturated rings. The highest BCUT2D eigenvalue weighted by atomic mass is 19.1. The zero-order valence-electron chi connectivity index (χ0n) is 17.8. The van der Waals surface area contributed by atoms with Gasteiger partial charge in [0, 0.05) is 38.3 Å². The average molecular weight is 419 g/mol. The van der Waals surface area contributed by atoms with Crippen LogP contribution in [0.25, 0.3) is 11.4 Å². The largest absolute Gasteiger partial charge is 0.357 e. The lowest BCUT2D eigenvalue weighted by Crippen LogP contribution is -2.53. The highest BCUT2D eigenvalue weighted by molar-refractivity contribution is 5.97. The molecule has 0 radical (unpaired) electrons. The smallest absolute Gasteiger partial charge is 0.272 e. The number of nitrogens with zero attached hydrogens (tertiary/aromatic N) is 3. The number of halogens is 2. The normalized spacial score (nSPS) is 15.4. The van der Waals surface area contributed by atoms with E-state index in [0.717, 1.165) is 6.07 Å². The van der Waals surface area contributed by atoms with E-state index in [9.17, 15) is 18.4 Å². The van der Waals surface area contributed by atoms with Gasteiger partial charge in [-0.1, -0.05) is 20.8 Å². The van der Waals surface area contributed by atoms with E-state index < -0.39 is 29.0 Å². The van der Waals surface area contributed by atoms with Crippen molar-refractivity contribution in [1.82, 2.24) is 25.1 Å². The van der Waals surface area contributed by atoms with E-state index in [2.05, 4.69) is 15.6 Å². The van der Waals surface area contributed by atoms with Crippen molar-refractivity contribution >= 4 is 11.8 Å². The zero-order valence-corrected chi connectivity index (χ0v) is 17.8. The van der Waals surface area contributed by atoms with E-state index in [-0.39, 0.29) is 17.2 Å². The maximum atomic E-state index is 13.8. The molecule has 0 aliphatic carbocycles. The second-order valence-corrected chi connectivity index (χ2v) is 8.67. The number of hydrogen-bond acceptors (Lipinski definition) is 4. The van der Waals surface area contributed by atoms with Crippen LogP contribution < -0.4 is 10.6 Å². The third-order valence-corrected chi connectivity index (χ3v) is 5.18. The molecule has 162 valence electrons. The van der Waals surface area contributed by atoms with Crippen LogP contribution in [0.1, 0.15) is 37.0 Å². The number of benzene rings is 1. The Morgan fingerprint density at radius 3 is 2.33 bits per heavy atom. The van der Waals surface area contributed by atoms with E-state index in [4.69, 9.17) is 0 Å². The first-order valence-corrected chi connectivity index (χ1v) is 9.78. The van der Waals surface area contributed by atoms with Crippen molar-refractivity contribution in [2.45, 2.75) is 39.9 Å². The molecule has 1 aliphatic heterocycles. The fraction of sp³-hybridized carbons (Fsp3) is 0.476. The van der Waals surface area contributed by atoms with Crippen LogP contribution in [-0.2, 0) is 17.9 Å². The molecule has 2 heterocycles. The Kier molecular flexibility index (Phi) is 5.94. The van der Waals surface area contributed by atoms with Gasteiger partial charge in [-0.15, -0.1) is 0 Å². The summed E-state index contributed by atoms with van der Waals surface area (Å²) in [6.07, 6.45) is 0. The number of carbonyl (C=O) groups excluding carboxylic acids is 2. The Morgan fingerprint density at radius 2 is 1.77 bits per heavy atom. The van der Waals surface area contributed by atoms with Crippen molar-refractivity contribution in [2.24, 2.45) is 5.41 Å². The summed E-state index contributed by atoms with van der Waals surface area (Å²) in [6.45, 7) is 7.24. The first-order chi connectivity index (χ1) is 14.0.